The van der Waals surface area contributed by atoms with Crippen LogP contribution < -0.4 is 0 Å². The third-order valence-electron chi connectivity index (χ3n) is 2.20. The highest BCUT2D eigenvalue weighted by molar-refractivity contribution is 6.45. The number of aryl methyl sites for hydroxylation is 2. The first-order chi connectivity index (χ1) is 6.97. The number of halogens is 1. The van der Waals surface area contributed by atoms with E-state index >= 15 is 0 Å². The number of Topliss-reactive ketones (excluding diaryl/α,β-unsaturated/α-hetero) is 1. The van der Waals surface area contributed by atoms with Gasteiger partial charge in [0.15, 0.2) is 0 Å². The van der Waals surface area contributed by atoms with E-state index in [0.717, 1.165) is 18.2 Å². The molecule has 0 spiro atoms. The lowest BCUT2D eigenvalue weighted by Gasteiger charge is -2.06. The standard InChI is InChI=1S/C11H11ClO3/c1-6-4-8(9(12)5-7(6)2)10(13)11(14)15-3/h4-5H,1-3H3. The van der Waals surface area contributed by atoms with E-state index < -0.39 is 11.8 Å². The minimum Gasteiger partial charge on any atom is -0.463 e. The summed E-state index contributed by atoms with van der Waals surface area (Å²) < 4.78 is 4.34. The van der Waals surface area contributed by atoms with Crippen molar-refractivity contribution in [2.45, 2.75) is 13.8 Å². The first-order valence-corrected chi connectivity index (χ1v) is 4.74. The SMILES string of the molecule is COC(=O)C(=O)c1cc(C)c(C)cc1Cl. The summed E-state index contributed by atoms with van der Waals surface area (Å²) in [7, 11) is 1.16. The van der Waals surface area contributed by atoms with Crippen LogP contribution in [-0.2, 0) is 9.53 Å². The molecular formula is C11H11ClO3. The molecule has 0 unspecified atom stereocenters. The number of esters is 1. The van der Waals surface area contributed by atoms with E-state index in [2.05, 4.69) is 4.74 Å². The quantitative estimate of drug-likeness (QED) is 0.442. The monoisotopic (exact) mass is 226 g/mol. The molecule has 4 heteroatoms. The molecule has 3 nitrogen and oxygen atoms in total. The summed E-state index contributed by atoms with van der Waals surface area (Å²) in [5.74, 6) is -1.62. The number of ketones is 1. The normalized spacial score (nSPS) is 9.87. The van der Waals surface area contributed by atoms with Crippen molar-refractivity contribution in [1.82, 2.24) is 0 Å². The number of hydrogen-bond acceptors (Lipinski definition) is 3. The lowest BCUT2D eigenvalue weighted by atomic mass is 10.0. The van der Waals surface area contributed by atoms with Gasteiger partial charge in [-0.25, -0.2) is 4.79 Å². The van der Waals surface area contributed by atoms with Crippen LogP contribution in [0.3, 0.4) is 0 Å². The molecular weight excluding hydrogens is 216 g/mol. The first kappa shape index (κ1) is 11.7. The van der Waals surface area contributed by atoms with Gasteiger partial charge in [-0.1, -0.05) is 11.6 Å². The molecule has 0 aliphatic heterocycles. The highest BCUT2D eigenvalue weighted by atomic mass is 35.5. The molecule has 0 saturated heterocycles. The second kappa shape index (κ2) is 4.45. The Bertz CT molecular complexity index is 424. The summed E-state index contributed by atoms with van der Waals surface area (Å²) in [5.41, 5.74) is 2.07. The Morgan fingerprint density at radius 3 is 2.27 bits per heavy atom. The van der Waals surface area contributed by atoms with Crippen LogP contribution in [-0.4, -0.2) is 18.9 Å². The van der Waals surface area contributed by atoms with Crippen molar-refractivity contribution in [3.63, 3.8) is 0 Å². The van der Waals surface area contributed by atoms with Crippen LogP contribution in [0.5, 0.6) is 0 Å². The Kier molecular flexibility index (Phi) is 3.48. The van der Waals surface area contributed by atoms with E-state index in [1.165, 1.54) is 0 Å². The number of ether oxygens (including phenoxy) is 1. The van der Waals surface area contributed by atoms with Crippen LogP contribution in [0.2, 0.25) is 5.02 Å². The van der Waals surface area contributed by atoms with Gasteiger partial charge < -0.3 is 4.74 Å². The average molecular weight is 227 g/mol. The molecule has 1 aromatic carbocycles. The molecule has 1 aromatic rings. The van der Waals surface area contributed by atoms with Gasteiger partial charge >= 0.3 is 5.97 Å². The zero-order valence-electron chi connectivity index (χ0n) is 8.76. The van der Waals surface area contributed by atoms with E-state index in [4.69, 9.17) is 11.6 Å². The van der Waals surface area contributed by atoms with Gasteiger partial charge in [-0.3, -0.25) is 4.79 Å². The summed E-state index contributed by atoms with van der Waals surface area (Å²) in [4.78, 5) is 22.5. The fraction of sp³-hybridized carbons (Fsp3) is 0.273. The number of hydrogen-bond donors (Lipinski definition) is 0. The largest absolute Gasteiger partial charge is 0.463 e. The Balaban J connectivity index is 3.21. The minimum atomic E-state index is -0.903. The summed E-state index contributed by atoms with van der Waals surface area (Å²) in [5, 5.41) is 0.272. The van der Waals surface area contributed by atoms with Crippen molar-refractivity contribution in [3.8, 4) is 0 Å². The fourth-order valence-electron chi connectivity index (χ4n) is 1.16. The molecule has 0 fully saturated rings. The topological polar surface area (TPSA) is 43.4 Å². The summed E-state index contributed by atoms with van der Waals surface area (Å²) in [6.07, 6.45) is 0. The molecule has 80 valence electrons. The first-order valence-electron chi connectivity index (χ1n) is 4.36. The van der Waals surface area contributed by atoms with E-state index in [1.807, 2.05) is 13.8 Å². The van der Waals surface area contributed by atoms with Gasteiger partial charge in [0.05, 0.1) is 12.1 Å². The molecule has 0 heterocycles. The molecule has 0 radical (unpaired) electrons. The van der Waals surface area contributed by atoms with Gasteiger partial charge in [0, 0.05) is 5.56 Å². The third-order valence-corrected chi connectivity index (χ3v) is 2.51. The molecule has 0 aliphatic carbocycles. The molecule has 1 rings (SSSR count). The van der Waals surface area contributed by atoms with E-state index in [0.29, 0.717) is 0 Å². The Morgan fingerprint density at radius 2 is 1.73 bits per heavy atom. The molecule has 0 bridgehead atoms. The lowest BCUT2D eigenvalue weighted by Crippen LogP contribution is -2.16. The second-order valence-electron chi connectivity index (χ2n) is 3.24. The average Bonchev–Trinajstić information content (AvgIpc) is 2.21. The fourth-order valence-corrected chi connectivity index (χ4v) is 1.46. The van der Waals surface area contributed by atoms with Crippen molar-refractivity contribution in [2.24, 2.45) is 0 Å². The molecule has 0 aliphatic rings. The van der Waals surface area contributed by atoms with Gasteiger partial charge in [0.1, 0.15) is 0 Å². The van der Waals surface area contributed by atoms with E-state index in [9.17, 15) is 9.59 Å². The highest BCUT2D eigenvalue weighted by Gasteiger charge is 2.20. The summed E-state index contributed by atoms with van der Waals surface area (Å²) >= 11 is 5.87. The van der Waals surface area contributed by atoms with Crippen LogP contribution in [0.4, 0.5) is 0 Å². The lowest BCUT2D eigenvalue weighted by molar-refractivity contribution is -0.135. The minimum absolute atomic E-state index is 0.187. The maximum absolute atomic E-state index is 11.5. The van der Waals surface area contributed by atoms with E-state index in [1.54, 1.807) is 12.1 Å². The zero-order chi connectivity index (χ0) is 11.6. The Morgan fingerprint density at radius 1 is 1.20 bits per heavy atom. The third kappa shape index (κ3) is 2.36. The van der Waals surface area contributed by atoms with Crippen LogP contribution in [0, 0.1) is 13.8 Å². The zero-order valence-corrected chi connectivity index (χ0v) is 9.51. The number of carbonyl (C=O) groups excluding carboxylic acids is 2. The summed E-state index contributed by atoms with van der Waals surface area (Å²) in [6.45, 7) is 3.73. The molecule has 0 saturated carbocycles. The van der Waals surface area contributed by atoms with Crippen LogP contribution >= 0.6 is 11.6 Å². The molecule has 15 heavy (non-hydrogen) atoms. The summed E-state index contributed by atoms with van der Waals surface area (Å²) in [6, 6.07) is 3.25. The maximum Gasteiger partial charge on any atom is 0.379 e. The van der Waals surface area contributed by atoms with Crippen LogP contribution in [0.15, 0.2) is 12.1 Å². The van der Waals surface area contributed by atoms with Crippen LogP contribution in [0.1, 0.15) is 21.5 Å². The predicted octanol–water partition coefficient (Wildman–Crippen LogP) is 2.31. The molecule has 0 aromatic heterocycles. The van der Waals surface area contributed by atoms with Crippen molar-refractivity contribution >= 4 is 23.4 Å². The van der Waals surface area contributed by atoms with Crippen LogP contribution in [0.25, 0.3) is 0 Å². The van der Waals surface area contributed by atoms with Crippen molar-refractivity contribution in [2.75, 3.05) is 7.11 Å². The van der Waals surface area contributed by atoms with Gasteiger partial charge in [-0.15, -0.1) is 0 Å². The van der Waals surface area contributed by atoms with Crippen molar-refractivity contribution in [3.05, 3.63) is 33.8 Å². The van der Waals surface area contributed by atoms with Crippen molar-refractivity contribution < 1.29 is 14.3 Å². The number of carbonyl (C=O) groups is 2. The van der Waals surface area contributed by atoms with Gasteiger partial charge in [0.2, 0.25) is 0 Å². The smallest absolute Gasteiger partial charge is 0.379 e. The molecule has 0 N–H and O–H groups in total. The predicted molar refractivity (Wildman–Crippen MR) is 57.3 cm³/mol. The van der Waals surface area contributed by atoms with Gasteiger partial charge in [0.25, 0.3) is 5.78 Å². The molecule has 0 amide bonds. The maximum atomic E-state index is 11.5. The van der Waals surface area contributed by atoms with E-state index in [-0.39, 0.29) is 10.6 Å². The highest BCUT2D eigenvalue weighted by Crippen LogP contribution is 2.21. The van der Waals surface area contributed by atoms with Gasteiger partial charge in [-0.05, 0) is 37.1 Å². The number of benzene rings is 1. The van der Waals surface area contributed by atoms with Gasteiger partial charge in [-0.2, -0.15) is 0 Å². The van der Waals surface area contributed by atoms with Crippen molar-refractivity contribution in [1.29, 1.82) is 0 Å². The molecule has 0 atom stereocenters. The second-order valence-corrected chi connectivity index (χ2v) is 3.64. The number of rotatable bonds is 2. The Labute approximate surface area is 93.0 Å². The Hall–Kier alpha value is -1.35. The number of methoxy groups -OCH3 is 1.